The highest BCUT2D eigenvalue weighted by molar-refractivity contribution is 5.61. The summed E-state index contributed by atoms with van der Waals surface area (Å²) in [6.45, 7) is 4.65. The van der Waals surface area contributed by atoms with Gasteiger partial charge in [-0.2, -0.15) is 0 Å². The SMILES string of the molecule is Cc1nc2cc([C@@]3(F)CCO[C@@H](C4CCOC4)C3)nc(-c3ccc(F)cc3F)n2c(=O)c1C. The van der Waals surface area contributed by atoms with Crippen LogP contribution in [0.1, 0.15) is 36.2 Å². The molecule has 0 radical (unpaired) electrons. The van der Waals surface area contributed by atoms with Crippen LogP contribution in [0, 0.1) is 31.4 Å². The van der Waals surface area contributed by atoms with Gasteiger partial charge in [0.25, 0.3) is 5.56 Å². The maximum Gasteiger partial charge on any atom is 0.262 e. The zero-order chi connectivity index (χ0) is 23.3. The smallest absolute Gasteiger partial charge is 0.262 e. The van der Waals surface area contributed by atoms with Gasteiger partial charge in [0, 0.05) is 48.8 Å². The molecule has 0 bridgehead atoms. The first-order chi connectivity index (χ1) is 15.8. The van der Waals surface area contributed by atoms with Crippen molar-refractivity contribution in [1.29, 1.82) is 0 Å². The van der Waals surface area contributed by atoms with E-state index < -0.39 is 22.9 Å². The highest BCUT2D eigenvalue weighted by Crippen LogP contribution is 2.42. The quantitative estimate of drug-likeness (QED) is 0.592. The van der Waals surface area contributed by atoms with E-state index in [1.165, 1.54) is 12.1 Å². The number of halogens is 3. The molecule has 4 heterocycles. The maximum atomic E-state index is 16.4. The number of fused-ring (bicyclic) bond motifs is 1. The molecular weight excluding hydrogens is 435 g/mol. The molecule has 0 saturated carbocycles. The molecule has 9 heteroatoms. The highest BCUT2D eigenvalue weighted by atomic mass is 19.1. The second-order valence-corrected chi connectivity index (χ2v) is 8.86. The van der Waals surface area contributed by atoms with E-state index in [1.807, 2.05) is 0 Å². The Labute approximate surface area is 188 Å². The Kier molecular flexibility index (Phi) is 5.49. The predicted molar refractivity (Wildman–Crippen MR) is 115 cm³/mol. The summed E-state index contributed by atoms with van der Waals surface area (Å²) < 4.78 is 57.2. The number of hydrogen-bond donors (Lipinski definition) is 0. The first-order valence-corrected chi connectivity index (χ1v) is 11.0. The molecular formula is C24H24F3N3O3. The van der Waals surface area contributed by atoms with Crippen molar-refractivity contribution in [2.24, 2.45) is 5.92 Å². The van der Waals surface area contributed by atoms with Gasteiger partial charge in [-0.3, -0.25) is 4.79 Å². The summed E-state index contributed by atoms with van der Waals surface area (Å²) in [6.07, 6.45) is 0.615. The molecule has 2 saturated heterocycles. The average molecular weight is 459 g/mol. The van der Waals surface area contributed by atoms with Crippen molar-refractivity contribution < 1.29 is 22.6 Å². The monoisotopic (exact) mass is 459 g/mol. The third-order valence-corrected chi connectivity index (χ3v) is 6.76. The molecule has 1 unspecified atom stereocenters. The van der Waals surface area contributed by atoms with E-state index in [2.05, 4.69) is 9.97 Å². The molecule has 5 rings (SSSR count). The minimum absolute atomic E-state index is 0.0589. The third kappa shape index (κ3) is 3.83. The first kappa shape index (κ1) is 22.0. The van der Waals surface area contributed by atoms with Crippen molar-refractivity contribution in [2.75, 3.05) is 19.8 Å². The van der Waals surface area contributed by atoms with Crippen LogP contribution in [0.5, 0.6) is 0 Å². The van der Waals surface area contributed by atoms with Gasteiger partial charge in [-0.05, 0) is 32.4 Å². The van der Waals surface area contributed by atoms with Crippen LogP contribution in [0.2, 0.25) is 0 Å². The number of rotatable bonds is 3. The molecule has 0 N–H and O–H groups in total. The Morgan fingerprint density at radius 1 is 1.15 bits per heavy atom. The zero-order valence-corrected chi connectivity index (χ0v) is 18.4. The summed E-state index contributed by atoms with van der Waals surface area (Å²) in [7, 11) is 0. The normalized spacial score (nSPS) is 25.6. The van der Waals surface area contributed by atoms with Gasteiger partial charge >= 0.3 is 0 Å². The van der Waals surface area contributed by atoms with Crippen molar-refractivity contribution in [2.45, 2.75) is 44.9 Å². The number of hydrogen-bond acceptors (Lipinski definition) is 5. The summed E-state index contributed by atoms with van der Waals surface area (Å²) in [4.78, 5) is 22.0. The second kappa shape index (κ2) is 8.22. The standard InChI is InChI=1S/C24H24F3N3O3/c1-13-14(2)28-21-10-20(24(27)6-8-33-19(11-24)15-5-7-32-12-15)29-22(30(21)23(13)31)17-4-3-16(25)9-18(17)26/h3-4,9-10,15,19H,5-8,11-12H2,1-2H3/t15?,19-,24-/m1/s1. The molecule has 2 fully saturated rings. The van der Waals surface area contributed by atoms with Gasteiger partial charge in [0.2, 0.25) is 0 Å². The fourth-order valence-corrected chi connectivity index (χ4v) is 4.67. The predicted octanol–water partition coefficient (Wildman–Crippen LogP) is 4.03. The Morgan fingerprint density at radius 3 is 2.70 bits per heavy atom. The van der Waals surface area contributed by atoms with Gasteiger partial charge in [-0.15, -0.1) is 0 Å². The Bertz CT molecular complexity index is 1290. The first-order valence-electron chi connectivity index (χ1n) is 11.0. The van der Waals surface area contributed by atoms with Crippen molar-refractivity contribution in [3.8, 4) is 11.4 Å². The molecule has 0 aliphatic carbocycles. The minimum atomic E-state index is -1.85. The minimum Gasteiger partial charge on any atom is -0.381 e. The van der Waals surface area contributed by atoms with Crippen LogP contribution in [-0.4, -0.2) is 40.3 Å². The molecule has 2 aliphatic rings. The Morgan fingerprint density at radius 2 is 1.97 bits per heavy atom. The van der Waals surface area contributed by atoms with Crippen LogP contribution in [0.25, 0.3) is 17.0 Å². The molecule has 0 spiro atoms. The van der Waals surface area contributed by atoms with Gasteiger partial charge in [-0.1, -0.05) is 0 Å². The van der Waals surface area contributed by atoms with Crippen LogP contribution in [0.4, 0.5) is 13.2 Å². The lowest BCUT2D eigenvalue weighted by Crippen LogP contribution is -2.40. The fraction of sp³-hybridized carbons (Fsp3) is 0.458. The summed E-state index contributed by atoms with van der Waals surface area (Å²) in [5.41, 5.74) is -1.31. The molecule has 0 amide bonds. The van der Waals surface area contributed by atoms with E-state index in [-0.39, 0.29) is 54.2 Å². The lowest BCUT2D eigenvalue weighted by molar-refractivity contribution is -0.0917. The highest BCUT2D eigenvalue weighted by Gasteiger charge is 2.44. The molecule has 2 aliphatic heterocycles. The van der Waals surface area contributed by atoms with E-state index in [9.17, 15) is 13.6 Å². The Balaban J connectivity index is 1.70. The molecule has 33 heavy (non-hydrogen) atoms. The van der Waals surface area contributed by atoms with Crippen molar-refractivity contribution in [1.82, 2.24) is 14.4 Å². The molecule has 174 valence electrons. The van der Waals surface area contributed by atoms with Crippen LogP contribution in [0.15, 0.2) is 29.1 Å². The summed E-state index contributed by atoms with van der Waals surface area (Å²) >= 11 is 0. The zero-order valence-electron chi connectivity index (χ0n) is 18.4. The molecule has 3 atom stereocenters. The van der Waals surface area contributed by atoms with Gasteiger partial charge in [0.05, 0.1) is 30.6 Å². The van der Waals surface area contributed by atoms with Gasteiger partial charge in [-0.25, -0.2) is 27.5 Å². The van der Waals surface area contributed by atoms with Crippen molar-refractivity contribution in [3.63, 3.8) is 0 Å². The lowest BCUT2D eigenvalue weighted by Gasteiger charge is -2.37. The Hall–Kier alpha value is -2.78. The average Bonchev–Trinajstić information content (AvgIpc) is 3.32. The van der Waals surface area contributed by atoms with Crippen LogP contribution < -0.4 is 5.56 Å². The number of benzene rings is 1. The van der Waals surface area contributed by atoms with Crippen LogP contribution in [-0.2, 0) is 15.1 Å². The number of nitrogens with zero attached hydrogens (tertiary/aromatic N) is 3. The van der Waals surface area contributed by atoms with Gasteiger partial charge in [0.1, 0.15) is 17.3 Å². The maximum absolute atomic E-state index is 16.4. The molecule has 1 aromatic carbocycles. The largest absolute Gasteiger partial charge is 0.381 e. The lowest BCUT2D eigenvalue weighted by atomic mass is 9.84. The molecule has 6 nitrogen and oxygen atoms in total. The van der Waals surface area contributed by atoms with E-state index in [0.717, 1.165) is 16.9 Å². The van der Waals surface area contributed by atoms with Crippen LogP contribution >= 0.6 is 0 Å². The van der Waals surface area contributed by atoms with E-state index in [1.54, 1.807) is 13.8 Å². The van der Waals surface area contributed by atoms with Crippen molar-refractivity contribution >= 4 is 5.65 Å². The number of ether oxygens (including phenoxy) is 2. The molecule has 2 aromatic heterocycles. The van der Waals surface area contributed by atoms with Gasteiger partial charge in [0.15, 0.2) is 11.5 Å². The topological polar surface area (TPSA) is 65.7 Å². The van der Waals surface area contributed by atoms with Gasteiger partial charge < -0.3 is 9.47 Å². The number of aromatic nitrogens is 3. The fourth-order valence-electron chi connectivity index (χ4n) is 4.67. The number of aryl methyl sites for hydroxylation is 1. The summed E-state index contributed by atoms with van der Waals surface area (Å²) in [5.74, 6) is -1.67. The third-order valence-electron chi connectivity index (χ3n) is 6.76. The molecule has 3 aromatic rings. The summed E-state index contributed by atoms with van der Waals surface area (Å²) in [5, 5.41) is 0. The second-order valence-electron chi connectivity index (χ2n) is 8.86. The summed E-state index contributed by atoms with van der Waals surface area (Å²) in [6, 6.07) is 4.44. The van der Waals surface area contributed by atoms with E-state index in [0.29, 0.717) is 30.5 Å². The van der Waals surface area contributed by atoms with E-state index in [4.69, 9.17) is 9.47 Å². The number of alkyl halides is 1. The van der Waals surface area contributed by atoms with Crippen LogP contribution in [0.3, 0.4) is 0 Å². The van der Waals surface area contributed by atoms with Crippen molar-refractivity contribution in [3.05, 3.63) is 63.2 Å². The van der Waals surface area contributed by atoms with E-state index >= 15 is 4.39 Å².